The van der Waals surface area contributed by atoms with E-state index in [1.165, 1.54) is 6.21 Å². The zero-order valence-electron chi connectivity index (χ0n) is 15.8. The Bertz CT molecular complexity index is 1150. The zero-order chi connectivity index (χ0) is 22.4. The van der Waals surface area contributed by atoms with Crippen molar-refractivity contribution >= 4 is 41.0 Å². The highest BCUT2D eigenvalue weighted by Crippen LogP contribution is 2.24. The molecule has 0 bridgehead atoms. The molecule has 0 saturated carbocycles. The fraction of sp³-hybridized carbons (Fsp3) is 0.0476. The van der Waals surface area contributed by atoms with Gasteiger partial charge in [-0.2, -0.15) is 5.10 Å². The van der Waals surface area contributed by atoms with Gasteiger partial charge in [0.2, 0.25) is 0 Å². The summed E-state index contributed by atoms with van der Waals surface area (Å²) in [7, 11) is 0. The number of carbonyl (C=O) groups is 1. The summed E-state index contributed by atoms with van der Waals surface area (Å²) in [6.07, 6.45) is 1.38. The fourth-order valence-electron chi connectivity index (χ4n) is 2.50. The number of ether oxygens (including phenoxy) is 1. The Hall–Kier alpha value is -3.62. The normalized spacial score (nSPS) is 10.8. The molecule has 0 spiro atoms. The number of carbonyl (C=O) groups excluding carboxylic acids is 1. The minimum absolute atomic E-state index is 0.254. The molecule has 0 atom stereocenters. The Labute approximate surface area is 186 Å². The Balaban J connectivity index is 1.58. The smallest absolute Gasteiger partial charge is 0.275 e. The number of hydrogen-bond donors (Lipinski definition) is 2. The van der Waals surface area contributed by atoms with Gasteiger partial charge in [0.05, 0.1) is 16.7 Å². The van der Waals surface area contributed by atoms with Gasteiger partial charge in [0.25, 0.3) is 11.6 Å². The molecule has 8 nitrogen and oxygen atoms in total. The minimum Gasteiger partial charge on any atom is -0.507 e. The molecule has 0 unspecified atom stereocenters. The Morgan fingerprint density at radius 1 is 1.13 bits per heavy atom. The van der Waals surface area contributed by atoms with E-state index in [1.807, 2.05) is 0 Å². The average molecular weight is 460 g/mol. The molecule has 0 heterocycles. The van der Waals surface area contributed by atoms with Crippen LogP contribution in [0.1, 0.15) is 21.5 Å². The van der Waals surface area contributed by atoms with Crippen LogP contribution < -0.4 is 10.2 Å². The van der Waals surface area contributed by atoms with Crippen molar-refractivity contribution in [2.75, 3.05) is 0 Å². The van der Waals surface area contributed by atoms with Gasteiger partial charge in [-0.3, -0.25) is 14.9 Å². The predicted octanol–water partition coefficient (Wildman–Crippen LogP) is 4.95. The van der Waals surface area contributed by atoms with Crippen LogP contribution in [-0.4, -0.2) is 22.2 Å². The molecule has 0 aliphatic heterocycles. The number of hydrazone groups is 1. The average Bonchev–Trinajstić information content (AvgIpc) is 2.74. The molecular weight excluding hydrogens is 445 g/mol. The second-order valence-corrected chi connectivity index (χ2v) is 7.09. The van der Waals surface area contributed by atoms with Crippen molar-refractivity contribution in [2.45, 2.75) is 6.61 Å². The van der Waals surface area contributed by atoms with Crippen LogP contribution in [0.25, 0.3) is 0 Å². The lowest BCUT2D eigenvalue weighted by Gasteiger charge is -2.08. The van der Waals surface area contributed by atoms with Crippen LogP contribution in [-0.2, 0) is 6.61 Å². The summed E-state index contributed by atoms with van der Waals surface area (Å²) < 4.78 is 5.69. The molecular formula is C21H15Cl2N3O5. The van der Waals surface area contributed by atoms with Gasteiger partial charge >= 0.3 is 0 Å². The van der Waals surface area contributed by atoms with Crippen LogP contribution >= 0.6 is 23.2 Å². The highest BCUT2D eigenvalue weighted by molar-refractivity contribution is 6.35. The van der Waals surface area contributed by atoms with Gasteiger partial charge in [-0.15, -0.1) is 0 Å². The van der Waals surface area contributed by atoms with Crippen molar-refractivity contribution in [1.29, 1.82) is 0 Å². The highest BCUT2D eigenvalue weighted by Gasteiger charge is 2.16. The first-order chi connectivity index (χ1) is 14.8. The molecule has 3 aromatic rings. The molecule has 3 rings (SSSR count). The molecule has 0 radical (unpaired) electrons. The maximum absolute atomic E-state index is 12.1. The molecule has 0 aliphatic carbocycles. The van der Waals surface area contributed by atoms with Gasteiger partial charge in [0.1, 0.15) is 18.1 Å². The maximum atomic E-state index is 12.1. The third-order valence-corrected chi connectivity index (χ3v) is 4.69. The van der Waals surface area contributed by atoms with Gasteiger partial charge < -0.3 is 9.84 Å². The summed E-state index contributed by atoms with van der Waals surface area (Å²) in [5.74, 6) is -0.563. The molecule has 0 saturated heterocycles. The SMILES string of the molecule is O=C(N/N=C\c1ccc(OCc2ccc(Cl)cc2Cl)cc1)c1cc([N+](=O)[O-])ccc1O. The number of nitro groups is 1. The second kappa shape index (κ2) is 9.92. The van der Waals surface area contributed by atoms with E-state index in [0.717, 1.165) is 23.8 Å². The quantitative estimate of drug-likeness (QED) is 0.294. The molecule has 2 N–H and O–H groups in total. The van der Waals surface area contributed by atoms with Crippen LogP contribution in [0.3, 0.4) is 0 Å². The lowest BCUT2D eigenvalue weighted by Crippen LogP contribution is -2.18. The molecule has 31 heavy (non-hydrogen) atoms. The first-order valence-electron chi connectivity index (χ1n) is 8.81. The Kier molecular flexibility index (Phi) is 7.07. The number of non-ortho nitro benzene ring substituents is 1. The summed E-state index contributed by atoms with van der Waals surface area (Å²) in [5, 5.41) is 25.4. The largest absolute Gasteiger partial charge is 0.507 e. The third-order valence-electron chi connectivity index (χ3n) is 4.10. The van der Waals surface area contributed by atoms with E-state index in [-0.39, 0.29) is 23.6 Å². The van der Waals surface area contributed by atoms with Crippen molar-refractivity contribution in [3.8, 4) is 11.5 Å². The number of benzene rings is 3. The lowest BCUT2D eigenvalue weighted by molar-refractivity contribution is -0.384. The lowest BCUT2D eigenvalue weighted by atomic mass is 10.1. The van der Waals surface area contributed by atoms with E-state index in [0.29, 0.717) is 21.4 Å². The number of phenols is 1. The number of rotatable bonds is 7. The Morgan fingerprint density at radius 2 is 1.87 bits per heavy atom. The molecule has 158 valence electrons. The van der Waals surface area contributed by atoms with E-state index in [9.17, 15) is 20.0 Å². The van der Waals surface area contributed by atoms with Gasteiger partial charge in [-0.25, -0.2) is 5.43 Å². The summed E-state index contributed by atoms with van der Waals surface area (Å²) in [6.45, 7) is 0.270. The number of nitrogens with zero attached hydrogens (tertiary/aromatic N) is 2. The molecule has 3 aromatic carbocycles. The van der Waals surface area contributed by atoms with E-state index in [1.54, 1.807) is 42.5 Å². The summed E-state index contributed by atoms with van der Waals surface area (Å²) in [6, 6.07) is 15.2. The Morgan fingerprint density at radius 3 is 2.55 bits per heavy atom. The van der Waals surface area contributed by atoms with Crippen LogP contribution in [0.2, 0.25) is 10.0 Å². The number of aromatic hydroxyl groups is 1. The van der Waals surface area contributed by atoms with Crippen molar-refractivity contribution in [3.05, 3.63) is 97.5 Å². The summed E-state index contributed by atoms with van der Waals surface area (Å²) >= 11 is 12.0. The van der Waals surface area contributed by atoms with Gasteiger partial charge in [0, 0.05) is 27.7 Å². The number of hydrogen-bond acceptors (Lipinski definition) is 6. The van der Waals surface area contributed by atoms with E-state index < -0.39 is 10.8 Å². The maximum Gasteiger partial charge on any atom is 0.275 e. The number of nitro benzene ring substituents is 1. The van der Waals surface area contributed by atoms with Crippen LogP contribution in [0.15, 0.2) is 65.8 Å². The van der Waals surface area contributed by atoms with Crippen LogP contribution in [0.5, 0.6) is 11.5 Å². The zero-order valence-corrected chi connectivity index (χ0v) is 17.3. The molecule has 0 aromatic heterocycles. The van der Waals surface area contributed by atoms with E-state index in [2.05, 4.69) is 10.5 Å². The first-order valence-corrected chi connectivity index (χ1v) is 9.56. The van der Waals surface area contributed by atoms with Crippen LogP contribution in [0.4, 0.5) is 5.69 Å². The topological polar surface area (TPSA) is 114 Å². The van der Waals surface area contributed by atoms with Gasteiger partial charge in [-0.05, 0) is 48.0 Å². The minimum atomic E-state index is -0.780. The predicted molar refractivity (Wildman–Crippen MR) is 117 cm³/mol. The van der Waals surface area contributed by atoms with E-state index in [4.69, 9.17) is 27.9 Å². The second-order valence-electron chi connectivity index (χ2n) is 6.25. The van der Waals surface area contributed by atoms with Crippen molar-refractivity contribution in [2.24, 2.45) is 5.10 Å². The van der Waals surface area contributed by atoms with Crippen molar-refractivity contribution in [1.82, 2.24) is 5.43 Å². The summed E-state index contributed by atoms with van der Waals surface area (Å²) in [5.41, 5.74) is 3.11. The first kappa shape index (κ1) is 22.1. The van der Waals surface area contributed by atoms with Crippen molar-refractivity contribution < 1.29 is 19.6 Å². The third kappa shape index (κ3) is 5.94. The number of nitrogens with one attached hydrogen (secondary N) is 1. The molecule has 0 aliphatic rings. The number of amides is 1. The monoisotopic (exact) mass is 459 g/mol. The molecule has 0 fully saturated rings. The van der Waals surface area contributed by atoms with E-state index >= 15 is 0 Å². The molecule has 10 heteroatoms. The standard InChI is InChI=1S/C21H15Cl2N3O5/c22-15-4-3-14(19(23)9-15)12-31-17-6-1-13(2-7-17)11-24-25-21(28)18-10-16(26(29)30)5-8-20(18)27/h1-11,27H,12H2,(H,25,28)/b24-11-. The molecule has 1 amide bonds. The van der Waals surface area contributed by atoms with Crippen LogP contribution in [0, 0.1) is 10.1 Å². The highest BCUT2D eigenvalue weighted by atomic mass is 35.5. The van der Waals surface area contributed by atoms with Gasteiger partial charge in [0.15, 0.2) is 0 Å². The fourth-order valence-corrected chi connectivity index (χ4v) is 2.96. The summed E-state index contributed by atoms with van der Waals surface area (Å²) in [4.78, 5) is 22.3. The van der Waals surface area contributed by atoms with Gasteiger partial charge in [-0.1, -0.05) is 29.3 Å². The number of phenolic OH excluding ortho intramolecular Hbond substituents is 1. The number of halogens is 2. The van der Waals surface area contributed by atoms with Crippen molar-refractivity contribution in [3.63, 3.8) is 0 Å².